The lowest BCUT2D eigenvalue weighted by atomic mass is 9.96. The molecule has 1 aliphatic rings. The second-order valence-corrected chi connectivity index (χ2v) is 5.58. The number of rotatable bonds is 2. The number of aromatic nitrogens is 2. The third-order valence-electron chi connectivity index (χ3n) is 4.23. The molecule has 1 aromatic heterocycles. The fraction of sp³-hybridized carbons (Fsp3) is 0.176. The Morgan fingerprint density at radius 1 is 1.22 bits per heavy atom. The van der Waals surface area contributed by atoms with Gasteiger partial charge >= 0.3 is 0 Å². The molecule has 0 bridgehead atoms. The highest BCUT2D eigenvalue weighted by Crippen LogP contribution is 2.34. The molecule has 2 heterocycles. The number of fused-ring (bicyclic) bond motifs is 2. The van der Waals surface area contributed by atoms with E-state index in [2.05, 4.69) is 14.9 Å². The van der Waals surface area contributed by atoms with Crippen molar-refractivity contribution in [3.05, 3.63) is 53.6 Å². The Morgan fingerprint density at radius 2 is 2.09 bits per heavy atom. The molecule has 4 rings (SSSR count). The maximum absolute atomic E-state index is 11.9. The third kappa shape index (κ3) is 2.24. The summed E-state index contributed by atoms with van der Waals surface area (Å²) in [5.74, 6) is 0.294. The average Bonchev–Trinajstić information content (AvgIpc) is 3.04. The number of aromatic amines is 1. The van der Waals surface area contributed by atoms with Gasteiger partial charge in [-0.05, 0) is 42.7 Å². The quantitative estimate of drug-likeness (QED) is 0.502. The zero-order valence-corrected chi connectivity index (χ0v) is 12.4. The van der Waals surface area contributed by atoms with Gasteiger partial charge < -0.3 is 9.88 Å². The van der Waals surface area contributed by atoms with Crippen LogP contribution in [-0.2, 0) is 6.42 Å². The van der Waals surface area contributed by atoms with Crippen molar-refractivity contribution in [1.29, 1.82) is 0 Å². The van der Waals surface area contributed by atoms with Crippen LogP contribution in [0.15, 0.2) is 42.5 Å². The Morgan fingerprint density at radius 3 is 2.91 bits per heavy atom. The number of benzene rings is 2. The number of hydrogen-bond donors (Lipinski definition) is 3. The predicted molar refractivity (Wildman–Crippen MR) is 87.1 cm³/mol. The second-order valence-electron chi connectivity index (χ2n) is 5.58. The minimum absolute atomic E-state index is 0.478. The molecule has 2 aromatic carbocycles. The van der Waals surface area contributed by atoms with Gasteiger partial charge in [-0.1, -0.05) is 18.2 Å². The summed E-state index contributed by atoms with van der Waals surface area (Å²) >= 11 is 0. The fourth-order valence-corrected chi connectivity index (χ4v) is 3.18. The number of hydroxylamine groups is 1. The van der Waals surface area contributed by atoms with E-state index >= 15 is 0 Å². The van der Waals surface area contributed by atoms with Crippen LogP contribution < -0.4 is 10.4 Å². The smallest absolute Gasteiger partial charge is 0.274 e. The Bertz CT molecular complexity index is 854. The molecule has 6 heteroatoms. The number of hydrogen-bond acceptors (Lipinski definition) is 4. The monoisotopic (exact) mass is 308 g/mol. The van der Waals surface area contributed by atoms with Crippen LogP contribution in [0.1, 0.15) is 22.3 Å². The SMILES string of the molecule is O=C(NO)c1cccc2c1CCCN2c1nc2ccccc2[nH]1. The Labute approximate surface area is 132 Å². The van der Waals surface area contributed by atoms with E-state index < -0.39 is 5.91 Å². The van der Waals surface area contributed by atoms with Gasteiger partial charge in [-0.15, -0.1) is 0 Å². The molecule has 0 atom stereocenters. The zero-order valence-electron chi connectivity index (χ0n) is 12.4. The maximum atomic E-state index is 11.9. The first-order valence-electron chi connectivity index (χ1n) is 7.56. The molecule has 6 nitrogen and oxygen atoms in total. The standard InChI is InChI=1S/C17H16N4O2/c22-16(20-23)12-5-3-9-15-11(12)6-4-10-21(15)17-18-13-7-1-2-8-14(13)19-17/h1-3,5,7-9,23H,4,6,10H2,(H,18,19)(H,20,22). The van der Waals surface area contributed by atoms with Crippen LogP contribution in [0, 0.1) is 0 Å². The van der Waals surface area contributed by atoms with Gasteiger partial charge in [0.2, 0.25) is 5.95 Å². The van der Waals surface area contributed by atoms with E-state index in [1.807, 2.05) is 36.4 Å². The third-order valence-corrected chi connectivity index (χ3v) is 4.23. The molecule has 3 N–H and O–H groups in total. The molecule has 0 radical (unpaired) electrons. The Hall–Kier alpha value is -2.86. The number of anilines is 2. The summed E-state index contributed by atoms with van der Waals surface area (Å²) in [6.07, 6.45) is 1.72. The highest BCUT2D eigenvalue weighted by atomic mass is 16.5. The normalized spacial score (nSPS) is 13.9. The predicted octanol–water partition coefficient (Wildman–Crippen LogP) is 2.77. The summed E-state index contributed by atoms with van der Waals surface area (Å²) in [6.45, 7) is 0.830. The number of carbonyl (C=O) groups excluding carboxylic acids is 1. The van der Waals surface area contributed by atoms with Crippen LogP contribution in [0.25, 0.3) is 11.0 Å². The number of imidazole rings is 1. The first-order valence-corrected chi connectivity index (χ1v) is 7.56. The van der Waals surface area contributed by atoms with Crippen molar-refractivity contribution in [3.8, 4) is 0 Å². The molecule has 0 unspecified atom stereocenters. The summed E-state index contributed by atoms with van der Waals surface area (Å²) in [6, 6.07) is 13.4. The summed E-state index contributed by atoms with van der Waals surface area (Å²) in [5, 5.41) is 8.94. The van der Waals surface area contributed by atoms with Crippen LogP contribution in [0.2, 0.25) is 0 Å². The minimum Gasteiger partial charge on any atom is -0.324 e. The number of H-pyrrole nitrogens is 1. The van der Waals surface area contributed by atoms with E-state index in [1.165, 1.54) is 0 Å². The van der Waals surface area contributed by atoms with E-state index in [0.717, 1.165) is 47.6 Å². The Balaban J connectivity index is 1.83. The largest absolute Gasteiger partial charge is 0.324 e. The molecule has 23 heavy (non-hydrogen) atoms. The first-order chi connectivity index (χ1) is 11.3. The lowest BCUT2D eigenvalue weighted by Gasteiger charge is -2.30. The lowest BCUT2D eigenvalue weighted by Crippen LogP contribution is -2.28. The maximum Gasteiger partial charge on any atom is 0.274 e. The van der Waals surface area contributed by atoms with Gasteiger partial charge in [0.25, 0.3) is 5.91 Å². The van der Waals surface area contributed by atoms with Gasteiger partial charge in [-0.25, -0.2) is 10.5 Å². The van der Waals surface area contributed by atoms with E-state index in [4.69, 9.17) is 5.21 Å². The summed E-state index contributed by atoms with van der Waals surface area (Å²) < 4.78 is 0. The first kappa shape index (κ1) is 13.8. The van der Waals surface area contributed by atoms with Crippen molar-refractivity contribution in [2.45, 2.75) is 12.8 Å². The molecular formula is C17H16N4O2. The van der Waals surface area contributed by atoms with Gasteiger partial charge in [-0.2, -0.15) is 0 Å². The van der Waals surface area contributed by atoms with E-state index in [1.54, 1.807) is 11.5 Å². The summed E-state index contributed by atoms with van der Waals surface area (Å²) in [4.78, 5) is 21.9. The number of amides is 1. The van der Waals surface area contributed by atoms with E-state index in [-0.39, 0.29) is 0 Å². The van der Waals surface area contributed by atoms with Crippen molar-refractivity contribution < 1.29 is 10.0 Å². The molecule has 0 aliphatic carbocycles. The highest BCUT2D eigenvalue weighted by Gasteiger charge is 2.24. The van der Waals surface area contributed by atoms with Crippen molar-refractivity contribution >= 4 is 28.6 Å². The molecular weight excluding hydrogens is 292 g/mol. The van der Waals surface area contributed by atoms with Crippen LogP contribution >= 0.6 is 0 Å². The Kier molecular flexibility index (Phi) is 3.24. The lowest BCUT2D eigenvalue weighted by molar-refractivity contribution is 0.0705. The minimum atomic E-state index is -0.478. The molecule has 0 fully saturated rings. The molecule has 1 aliphatic heterocycles. The molecule has 116 valence electrons. The molecule has 0 saturated carbocycles. The zero-order chi connectivity index (χ0) is 15.8. The molecule has 0 saturated heterocycles. The van der Waals surface area contributed by atoms with E-state index in [0.29, 0.717) is 5.56 Å². The van der Waals surface area contributed by atoms with Crippen LogP contribution in [0.4, 0.5) is 11.6 Å². The summed E-state index contributed by atoms with van der Waals surface area (Å²) in [7, 11) is 0. The van der Waals surface area contributed by atoms with Gasteiger partial charge in [0.15, 0.2) is 0 Å². The van der Waals surface area contributed by atoms with Gasteiger partial charge in [0.1, 0.15) is 0 Å². The topological polar surface area (TPSA) is 81.2 Å². The van der Waals surface area contributed by atoms with Gasteiger partial charge in [0, 0.05) is 17.8 Å². The van der Waals surface area contributed by atoms with Crippen molar-refractivity contribution in [3.63, 3.8) is 0 Å². The number of para-hydroxylation sites is 2. The number of nitrogens with one attached hydrogen (secondary N) is 2. The number of carbonyl (C=O) groups is 1. The average molecular weight is 308 g/mol. The van der Waals surface area contributed by atoms with Crippen molar-refractivity contribution in [2.75, 3.05) is 11.4 Å². The van der Waals surface area contributed by atoms with Crippen LogP contribution in [0.3, 0.4) is 0 Å². The second kappa shape index (κ2) is 5.40. The van der Waals surface area contributed by atoms with Gasteiger partial charge in [0.05, 0.1) is 11.0 Å². The van der Waals surface area contributed by atoms with E-state index in [9.17, 15) is 4.79 Å². The van der Waals surface area contributed by atoms with Crippen molar-refractivity contribution in [1.82, 2.24) is 15.4 Å². The van der Waals surface area contributed by atoms with Crippen LogP contribution in [-0.4, -0.2) is 27.6 Å². The molecule has 1 amide bonds. The van der Waals surface area contributed by atoms with Crippen LogP contribution in [0.5, 0.6) is 0 Å². The summed E-state index contributed by atoms with van der Waals surface area (Å²) in [5.41, 5.74) is 6.02. The van der Waals surface area contributed by atoms with Gasteiger partial charge in [-0.3, -0.25) is 10.0 Å². The number of nitrogens with zero attached hydrogens (tertiary/aromatic N) is 2. The van der Waals surface area contributed by atoms with Crippen molar-refractivity contribution in [2.24, 2.45) is 0 Å². The fourth-order valence-electron chi connectivity index (χ4n) is 3.18. The molecule has 3 aromatic rings. The highest BCUT2D eigenvalue weighted by molar-refractivity contribution is 5.97. The molecule has 0 spiro atoms.